The highest BCUT2D eigenvalue weighted by molar-refractivity contribution is 6.06. The van der Waals surface area contributed by atoms with Gasteiger partial charge in [0.2, 0.25) is 17.7 Å². The second-order valence-corrected chi connectivity index (χ2v) is 15.6. The van der Waals surface area contributed by atoms with E-state index in [4.69, 9.17) is 4.98 Å². The van der Waals surface area contributed by atoms with E-state index in [1.54, 1.807) is 24.2 Å². The van der Waals surface area contributed by atoms with Crippen LogP contribution in [0, 0.1) is 17.0 Å². The van der Waals surface area contributed by atoms with Gasteiger partial charge in [0.05, 0.1) is 51.4 Å². The molecule has 3 aliphatic heterocycles. The van der Waals surface area contributed by atoms with Crippen LogP contribution < -0.4 is 26.2 Å². The summed E-state index contributed by atoms with van der Waals surface area (Å²) in [5.41, 5.74) is 3.27. The highest BCUT2D eigenvalue weighted by atomic mass is 16.6. The van der Waals surface area contributed by atoms with Crippen LogP contribution in [0.4, 0.5) is 17.1 Å². The lowest BCUT2D eigenvalue weighted by molar-refractivity contribution is -0.383. The number of rotatable bonds is 7. The Morgan fingerprint density at radius 3 is 2.31 bits per heavy atom. The van der Waals surface area contributed by atoms with Gasteiger partial charge in [-0.1, -0.05) is 6.07 Å². The van der Waals surface area contributed by atoms with E-state index >= 15 is 0 Å². The van der Waals surface area contributed by atoms with Crippen molar-refractivity contribution in [1.82, 2.24) is 45.7 Å². The summed E-state index contributed by atoms with van der Waals surface area (Å²) in [6.45, 7) is 2.91. The maximum atomic E-state index is 13.9. The Balaban J connectivity index is 0.921. The number of piperazine rings is 1. The van der Waals surface area contributed by atoms with Gasteiger partial charge in [-0.2, -0.15) is 0 Å². The lowest BCUT2D eigenvalue weighted by Crippen LogP contribution is -2.70. The van der Waals surface area contributed by atoms with Crippen LogP contribution in [-0.2, 0) is 27.2 Å². The molecular formula is C41H40N12O9. The van der Waals surface area contributed by atoms with Gasteiger partial charge in [0.25, 0.3) is 11.6 Å². The Kier molecular flexibility index (Phi) is 10.2. The fourth-order valence-corrected chi connectivity index (χ4v) is 8.69. The van der Waals surface area contributed by atoms with E-state index in [9.17, 15) is 44.3 Å². The number of amides is 4. The zero-order valence-corrected chi connectivity index (χ0v) is 33.5. The second kappa shape index (κ2) is 15.7. The quantitative estimate of drug-likeness (QED) is 0.0768. The molecule has 21 heteroatoms. The number of carbonyl (C=O) groups is 5. The zero-order chi connectivity index (χ0) is 43.6. The minimum Gasteiger partial charge on any atom is -0.504 e. The lowest BCUT2D eigenvalue weighted by Gasteiger charge is -2.45. The van der Waals surface area contributed by atoms with Gasteiger partial charge in [0, 0.05) is 44.7 Å². The maximum absolute atomic E-state index is 13.9. The average Bonchev–Trinajstić information content (AvgIpc) is 3.28. The van der Waals surface area contributed by atoms with Gasteiger partial charge in [-0.15, -0.1) is 0 Å². The van der Waals surface area contributed by atoms with Gasteiger partial charge in [-0.25, -0.2) is 24.7 Å². The van der Waals surface area contributed by atoms with Crippen molar-refractivity contribution in [2.75, 3.05) is 50.0 Å². The number of anilines is 2. The van der Waals surface area contributed by atoms with Crippen molar-refractivity contribution in [2.24, 2.45) is 0 Å². The van der Waals surface area contributed by atoms with Crippen LogP contribution in [0.2, 0.25) is 0 Å². The number of pyridine rings is 4. The number of non-ortho nitro benzene ring substituents is 1. The molecule has 6 N–H and O–H groups in total. The number of aromatic hydroxyl groups is 1. The molecule has 62 heavy (non-hydrogen) atoms. The number of benzene rings is 1. The van der Waals surface area contributed by atoms with Crippen LogP contribution in [0.5, 0.6) is 5.75 Å². The molecular weight excluding hydrogens is 805 g/mol. The van der Waals surface area contributed by atoms with Gasteiger partial charge in [0.15, 0.2) is 11.4 Å². The molecule has 3 saturated heterocycles. The Labute approximate surface area is 351 Å². The number of aromatic carboxylic acids is 1. The minimum absolute atomic E-state index is 0.0680. The first-order valence-corrected chi connectivity index (χ1v) is 20.0. The number of phenolic OH excluding ortho intramolecular Hbond substituents is 1. The van der Waals surface area contributed by atoms with E-state index < -0.39 is 58.4 Å². The average molecular weight is 845 g/mol. The number of carboxylic acids is 1. The van der Waals surface area contributed by atoms with Crippen molar-refractivity contribution in [3.63, 3.8) is 0 Å². The number of carbonyl (C=O) groups excluding carboxylic acids is 4. The number of carboxylic acid groups (broad SMARTS) is 1. The third-order valence-corrected chi connectivity index (χ3v) is 12.0. The molecule has 0 saturated carbocycles. The number of aromatic nitrogens is 4. The maximum Gasteiger partial charge on any atom is 0.354 e. The molecule has 5 aromatic rings. The summed E-state index contributed by atoms with van der Waals surface area (Å²) in [7, 11) is 1.55. The summed E-state index contributed by atoms with van der Waals surface area (Å²) in [4.78, 5) is 99.4. The standard InChI is InChI=1S/C41H40N12O9/c1-19-23-15-21-4-3-20-5-7-27(40(59)60)45-32(20)33(21)49-36(23)43-17-30(19)52-14-13-51(18-31(52)54)39(58)26-8-6-22-29(53(61)62)16-28(35(55)34(22)44-26)46-38(57)25-10-12-50-11-9-24(37(56)42-2)47-41(50)48-25/h5-8,15-17,24-25,41,47-48,55H,3-4,9-14,18H2,1-2H3,(H,42,56)(H,46,57)(H,59,60). The van der Waals surface area contributed by atoms with Gasteiger partial charge in [0.1, 0.15) is 29.7 Å². The molecule has 0 radical (unpaired) electrons. The summed E-state index contributed by atoms with van der Waals surface area (Å²) in [6.07, 6.45) is 3.35. The molecule has 3 atom stereocenters. The molecule has 9 rings (SSSR count). The molecule has 4 amide bonds. The van der Waals surface area contributed by atoms with E-state index in [1.165, 1.54) is 23.1 Å². The van der Waals surface area contributed by atoms with Crippen LogP contribution in [0.15, 0.2) is 42.6 Å². The predicted octanol–water partition coefficient (Wildman–Crippen LogP) is 1.44. The van der Waals surface area contributed by atoms with E-state index in [-0.39, 0.29) is 53.5 Å². The van der Waals surface area contributed by atoms with Gasteiger partial charge in [-0.3, -0.25) is 44.8 Å². The molecule has 7 heterocycles. The molecule has 1 aliphatic carbocycles. The largest absolute Gasteiger partial charge is 0.504 e. The first kappa shape index (κ1) is 40.2. The smallest absolute Gasteiger partial charge is 0.354 e. The molecule has 21 nitrogen and oxygen atoms in total. The summed E-state index contributed by atoms with van der Waals surface area (Å²) >= 11 is 0. The van der Waals surface area contributed by atoms with E-state index in [2.05, 4.69) is 41.1 Å². The van der Waals surface area contributed by atoms with Crippen LogP contribution in [0.3, 0.4) is 0 Å². The summed E-state index contributed by atoms with van der Waals surface area (Å²) < 4.78 is 0. The molecule has 1 aromatic carbocycles. The van der Waals surface area contributed by atoms with Crippen LogP contribution in [-0.4, -0.2) is 133 Å². The van der Waals surface area contributed by atoms with Crippen molar-refractivity contribution in [2.45, 2.75) is 51.0 Å². The number of nitrogens with zero attached hydrogens (tertiary/aromatic N) is 8. The van der Waals surface area contributed by atoms with Gasteiger partial charge < -0.3 is 30.6 Å². The molecule has 4 aromatic heterocycles. The number of phenols is 1. The normalized spacial score (nSPS) is 20.0. The third kappa shape index (κ3) is 7.04. The molecule has 318 valence electrons. The molecule has 4 aliphatic rings. The molecule has 0 spiro atoms. The van der Waals surface area contributed by atoms with E-state index in [0.717, 1.165) is 22.8 Å². The molecule has 0 bridgehead atoms. The SMILES string of the molecule is CNC(=O)C1CCN2CCC(C(=O)Nc3cc([N+](=O)[O-])c4ccc(C(=O)N5CCN(c6cnc7nc8c(cc7c6C)CCc6ccc(C(=O)O)nc6-8)C(=O)C5)nc4c3O)NC2N1. The lowest BCUT2D eigenvalue weighted by atomic mass is 9.91. The fraction of sp³-hybridized carbons (Fsp3) is 0.341. The Hall–Kier alpha value is -7.23. The van der Waals surface area contributed by atoms with E-state index in [0.29, 0.717) is 66.9 Å². The monoisotopic (exact) mass is 844 g/mol. The number of hydrogen-bond acceptors (Lipinski definition) is 15. The van der Waals surface area contributed by atoms with Gasteiger partial charge in [-0.05, 0) is 73.6 Å². The molecule has 3 unspecified atom stereocenters. The summed E-state index contributed by atoms with van der Waals surface area (Å²) in [5.74, 6) is -3.51. The Morgan fingerprint density at radius 2 is 1.60 bits per heavy atom. The number of fused-ring (bicyclic) bond motifs is 6. The van der Waals surface area contributed by atoms with Crippen LogP contribution in [0.1, 0.15) is 50.5 Å². The van der Waals surface area contributed by atoms with Crippen molar-refractivity contribution in [1.29, 1.82) is 0 Å². The first-order chi connectivity index (χ1) is 29.8. The topological polar surface area (TPSA) is 278 Å². The van der Waals surface area contributed by atoms with Crippen molar-refractivity contribution in [3.05, 3.63) is 80.8 Å². The number of nitrogens with one attached hydrogen (secondary N) is 4. The minimum atomic E-state index is -1.14. The third-order valence-electron chi connectivity index (χ3n) is 12.0. The zero-order valence-electron chi connectivity index (χ0n) is 33.5. The van der Waals surface area contributed by atoms with Crippen molar-refractivity contribution in [3.8, 4) is 17.1 Å². The predicted molar refractivity (Wildman–Crippen MR) is 221 cm³/mol. The fourth-order valence-electron chi connectivity index (χ4n) is 8.69. The van der Waals surface area contributed by atoms with Crippen molar-refractivity contribution >= 4 is 68.6 Å². The molecule has 3 fully saturated rings. The number of aryl methyl sites for hydroxylation is 3. The Bertz CT molecular complexity index is 2780. The summed E-state index contributed by atoms with van der Waals surface area (Å²) in [5, 5.41) is 45.3. The van der Waals surface area contributed by atoms with E-state index in [1.807, 2.05) is 13.0 Å². The number of nitro groups is 1. The number of nitro benzene ring substituents is 1. The van der Waals surface area contributed by atoms with Crippen molar-refractivity contribution < 1.29 is 39.1 Å². The second-order valence-electron chi connectivity index (χ2n) is 15.6. The highest BCUT2D eigenvalue weighted by Gasteiger charge is 2.38. The Morgan fingerprint density at radius 1 is 0.887 bits per heavy atom. The number of hydrogen-bond donors (Lipinski definition) is 6. The first-order valence-electron chi connectivity index (χ1n) is 20.0. The summed E-state index contributed by atoms with van der Waals surface area (Å²) in [6, 6.07) is 7.57. The number of likely N-dealkylation sites (N-methyl/N-ethyl adjacent to an activating group) is 1. The van der Waals surface area contributed by atoms with Crippen LogP contribution in [0.25, 0.3) is 33.3 Å². The highest BCUT2D eigenvalue weighted by Crippen LogP contribution is 2.39. The van der Waals surface area contributed by atoms with Crippen LogP contribution >= 0.6 is 0 Å². The van der Waals surface area contributed by atoms with Gasteiger partial charge >= 0.3 is 5.97 Å².